The van der Waals surface area contributed by atoms with E-state index in [4.69, 9.17) is 0 Å². The van der Waals surface area contributed by atoms with Gasteiger partial charge >= 0.3 is 0 Å². The normalized spacial score (nSPS) is 35.4. The monoisotopic (exact) mass is 226 g/mol. The average Bonchev–Trinajstić information content (AvgIpc) is 2.86. The van der Waals surface area contributed by atoms with Crippen LogP contribution >= 0.6 is 0 Å². The Kier molecular flexibility index (Phi) is 4.19. The van der Waals surface area contributed by atoms with Gasteiger partial charge in [0.15, 0.2) is 0 Å². The number of nitrogens with one attached hydrogen (secondary N) is 2. The molecule has 4 nitrogen and oxygen atoms in total. The molecule has 0 radical (unpaired) electrons. The molecule has 16 heavy (non-hydrogen) atoms. The second-order valence-electron chi connectivity index (χ2n) is 5.54. The van der Waals surface area contributed by atoms with Crippen LogP contribution in [0.15, 0.2) is 0 Å². The Morgan fingerprint density at radius 3 is 2.50 bits per heavy atom. The van der Waals surface area contributed by atoms with Crippen LogP contribution in [0.1, 0.15) is 6.42 Å². The molecule has 94 valence electrons. The Balaban J connectivity index is 1.83. The highest BCUT2D eigenvalue weighted by atomic mass is 15.2. The molecule has 0 saturated carbocycles. The minimum absolute atomic E-state index is 0.705. The van der Waals surface area contributed by atoms with Crippen molar-refractivity contribution < 1.29 is 0 Å². The van der Waals surface area contributed by atoms with Crippen LogP contribution in [0.3, 0.4) is 0 Å². The van der Waals surface area contributed by atoms with Crippen molar-refractivity contribution in [1.82, 2.24) is 20.4 Å². The molecule has 2 saturated heterocycles. The number of likely N-dealkylation sites (N-methyl/N-ethyl adjacent to an activating group) is 2. The first kappa shape index (κ1) is 12.3. The summed E-state index contributed by atoms with van der Waals surface area (Å²) in [6.45, 7) is 5.91. The lowest BCUT2D eigenvalue weighted by Gasteiger charge is -2.31. The van der Waals surface area contributed by atoms with Gasteiger partial charge in [0, 0.05) is 44.2 Å². The van der Waals surface area contributed by atoms with E-state index in [0.717, 1.165) is 18.5 Å². The molecule has 0 aromatic carbocycles. The van der Waals surface area contributed by atoms with E-state index in [2.05, 4.69) is 41.6 Å². The van der Waals surface area contributed by atoms with Crippen molar-refractivity contribution in [2.45, 2.75) is 18.5 Å². The molecule has 0 bridgehead atoms. The molecule has 2 rings (SSSR count). The zero-order valence-corrected chi connectivity index (χ0v) is 10.9. The first-order chi connectivity index (χ1) is 7.68. The standard InChI is InChI=1S/C12H26N4/c1-15(2)12-8-14-6-10(12)9-16(3)11-4-5-13-7-11/h10-14H,4-9H2,1-3H3. The molecule has 4 heteroatoms. The van der Waals surface area contributed by atoms with Crippen LogP contribution in [0.25, 0.3) is 0 Å². The Morgan fingerprint density at radius 2 is 1.88 bits per heavy atom. The van der Waals surface area contributed by atoms with Crippen LogP contribution in [-0.2, 0) is 0 Å². The van der Waals surface area contributed by atoms with E-state index in [1.807, 2.05) is 0 Å². The molecule has 2 aliphatic heterocycles. The number of hydrogen-bond donors (Lipinski definition) is 2. The lowest BCUT2D eigenvalue weighted by molar-refractivity contribution is 0.172. The van der Waals surface area contributed by atoms with E-state index in [1.165, 1.54) is 32.6 Å². The smallest absolute Gasteiger partial charge is 0.0267 e. The summed E-state index contributed by atoms with van der Waals surface area (Å²) in [6.07, 6.45) is 1.31. The molecule has 2 N–H and O–H groups in total. The summed E-state index contributed by atoms with van der Waals surface area (Å²) < 4.78 is 0. The molecule has 3 unspecified atom stereocenters. The number of rotatable bonds is 4. The molecule has 0 aromatic rings. The van der Waals surface area contributed by atoms with Gasteiger partial charge in [-0.3, -0.25) is 0 Å². The summed E-state index contributed by atoms with van der Waals surface area (Å²) in [7, 11) is 6.67. The summed E-state index contributed by atoms with van der Waals surface area (Å²) in [5.74, 6) is 0.778. The second-order valence-corrected chi connectivity index (χ2v) is 5.54. The Bertz CT molecular complexity index is 213. The van der Waals surface area contributed by atoms with Gasteiger partial charge in [0.25, 0.3) is 0 Å². The second kappa shape index (κ2) is 5.45. The van der Waals surface area contributed by atoms with Crippen molar-refractivity contribution in [3.63, 3.8) is 0 Å². The van der Waals surface area contributed by atoms with Crippen LogP contribution in [0.5, 0.6) is 0 Å². The third-order valence-electron chi connectivity index (χ3n) is 4.15. The maximum atomic E-state index is 3.52. The predicted molar refractivity (Wildman–Crippen MR) is 67.7 cm³/mol. The first-order valence-corrected chi connectivity index (χ1v) is 6.46. The molecule has 2 fully saturated rings. The van der Waals surface area contributed by atoms with Crippen LogP contribution < -0.4 is 10.6 Å². The lowest BCUT2D eigenvalue weighted by Crippen LogP contribution is -2.43. The van der Waals surface area contributed by atoms with Crippen LogP contribution in [0.2, 0.25) is 0 Å². The maximum Gasteiger partial charge on any atom is 0.0267 e. The number of nitrogens with zero attached hydrogens (tertiary/aromatic N) is 2. The lowest BCUT2D eigenvalue weighted by atomic mass is 10.0. The van der Waals surface area contributed by atoms with E-state index in [-0.39, 0.29) is 0 Å². The van der Waals surface area contributed by atoms with Crippen LogP contribution in [0, 0.1) is 5.92 Å². The first-order valence-electron chi connectivity index (χ1n) is 6.46. The Labute approximate surface area is 99.4 Å². The zero-order valence-electron chi connectivity index (χ0n) is 10.9. The van der Waals surface area contributed by atoms with E-state index in [0.29, 0.717) is 6.04 Å². The average molecular weight is 226 g/mol. The SMILES string of the molecule is CN(C)C1CNCC1CN(C)C1CCNC1. The van der Waals surface area contributed by atoms with Gasteiger partial charge in [0.2, 0.25) is 0 Å². The topological polar surface area (TPSA) is 30.5 Å². The van der Waals surface area contributed by atoms with Gasteiger partial charge in [0.1, 0.15) is 0 Å². The van der Waals surface area contributed by atoms with Crippen molar-refractivity contribution >= 4 is 0 Å². The molecule has 2 heterocycles. The van der Waals surface area contributed by atoms with E-state index in [9.17, 15) is 0 Å². The van der Waals surface area contributed by atoms with Gasteiger partial charge < -0.3 is 20.4 Å². The summed E-state index contributed by atoms with van der Waals surface area (Å²) in [6, 6.07) is 1.46. The van der Waals surface area contributed by atoms with Gasteiger partial charge in [-0.1, -0.05) is 0 Å². The highest BCUT2D eigenvalue weighted by Gasteiger charge is 2.31. The fourth-order valence-electron chi connectivity index (χ4n) is 3.04. The summed E-state index contributed by atoms with van der Waals surface area (Å²) >= 11 is 0. The fourth-order valence-corrected chi connectivity index (χ4v) is 3.04. The number of hydrogen-bond acceptors (Lipinski definition) is 4. The van der Waals surface area contributed by atoms with E-state index < -0.39 is 0 Å². The highest BCUT2D eigenvalue weighted by Crippen LogP contribution is 2.17. The van der Waals surface area contributed by atoms with Crippen molar-refractivity contribution in [3.05, 3.63) is 0 Å². The fraction of sp³-hybridized carbons (Fsp3) is 1.00. The molecular weight excluding hydrogens is 200 g/mol. The minimum atomic E-state index is 0.705. The van der Waals surface area contributed by atoms with Gasteiger partial charge in [-0.25, -0.2) is 0 Å². The molecule has 3 atom stereocenters. The molecule has 0 aromatic heterocycles. The van der Waals surface area contributed by atoms with Gasteiger partial charge in [0.05, 0.1) is 0 Å². The van der Waals surface area contributed by atoms with Crippen molar-refractivity contribution in [2.75, 3.05) is 53.9 Å². The molecule has 0 spiro atoms. The van der Waals surface area contributed by atoms with Crippen molar-refractivity contribution in [2.24, 2.45) is 5.92 Å². The molecule has 0 aliphatic carbocycles. The molecule has 0 amide bonds. The van der Waals surface area contributed by atoms with Crippen molar-refractivity contribution in [1.29, 1.82) is 0 Å². The Hall–Kier alpha value is -0.160. The van der Waals surface area contributed by atoms with E-state index >= 15 is 0 Å². The zero-order chi connectivity index (χ0) is 11.5. The third kappa shape index (κ3) is 2.74. The summed E-state index contributed by atoms with van der Waals surface area (Å²) in [4.78, 5) is 4.92. The highest BCUT2D eigenvalue weighted by molar-refractivity contribution is 4.90. The largest absolute Gasteiger partial charge is 0.315 e. The summed E-state index contributed by atoms with van der Waals surface area (Å²) in [5, 5.41) is 6.96. The minimum Gasteiger partial charge on any atom is -0.315 e. The van der Waals surface area contributed by atoms with Crippen LogP contribution in [0.4, 0.5) is 0 Å². The van der Waals surface area contributed by atoms with Gasteiger partial charge in [-0.05, 0) is 34.1 Å². The molecule has 2 aliphatic rings. The van der Waals surface area contributed by atoms with Gasteiger partial charge in [-0.15, -0.1) is 0 Å². The van der Waals surface area contributed by atoms with E-state index in [1.54, 1.807) is 0 Å². The maximum absolute atomic E-state index is 3.52. The summed E-state index contributed by atoms with van der Waals surface area (Å²) in [5.41, 5.74) is 0. The van der Waals surface area contributed by atoms with Crippen LogP contribution in [-0.4, -0.2) is 75.8 Å². The Morgan fingerprint density at radius 1 is 1.06 bits per heavy atom. The third-order valence-corrected chi connectivity index (χ3v) is 4.15. The van der Waals surface area contributed by atoms with Crippen molar-refractivity contribution in [3.8, 4) is 0 Å². The predicted octanol–water partition coefficient (Wildman–Crippen LogP) is -0.570. The van der Waals surface area contributed by atoms with Gasteiger partial charge in [-0.2, -0.15) is 0 Å². The molecular formula is C12H26N4. The quantitative estimate of drug-likeness (QED) is 0.672.